The van der Waals surface area contributed by atoms with Crippen LogP contribution in [0.1, 0.15) is 37.7 Å². The molecule has 2 aliphatic rings. The third kappa shape index (κ3) is 4.27. The van der Waals surface area contributed by atoms with Crippen LogP contribution < -0.4 is 4.90 Å². The molecule has 2 saturated heterocycles. The molecule has 3 rings (SSSR count). The van der Waals surface area contributed by atoms with Crippen LogP contribution in [0.2, 0.25) is 0 Å². The normalized spacial score (nSPS) is 24.6. The van der Waals surface area contributed by atoms with E-state index in [0.29, 0.717) is 32.5 Å². The summed E-state index contributed by atoms with van der Waals surface area (Å²) in [5.74, 6) is 0.0924. The minimum atomic E-state index is -0.713. The van der Waals surface area contributed by atoms with E-state index in [1.54, 1.807) is 7.11 Å². The zero-order valence-corrected chi connectivity index (χ0v) is 15.0. The minimum Gasteiger partial charge on any atom is -0.481 e. The molecule has 0 aromatic carbocycles. The van der Waals surface area contributed by atoms with Crippen molar-refractivity contribution in [3.63, 3.8) is 0 Å². The number of aliphatic carboxylic acids is 1. The van der Waals surface area contributed by atoms with E-state index in [9.17, 15) is 9.90 Å². The number of carbonyl (C=O) groups is 1. The first-order valence-corrected chi connectivity index (χ1v) is 9.13. The molecule has 2 aliphatic heterocycles. The van der Waals surface area contributed by atoms with Gasteiger partial charge in [-0.1, -0.05) is 0 Å². The smallest absolute Gasteiger partial charge is 0.311 e. The second kappa shape index (κ2) is 8.10. The lowest BCUT2D eigenvalue weighted by molar-refractivity contribution is -0.154. The van der Waals surface area contributed by atoms with Gasteiger partial charge in [0.15, 0.2) is 0 Å². The summed E-state index contributed by atoms with van der Waals surface area (Å²) in [6, 6.07) is 0. The van der Waals surface area contributed by atoms with Crippen molar-refractivity contribution in [1.82, 2.24) is 14.9 Å². The molecule has 3 heterocycles. The largest absolute Gasteiger partial charge is 0.481 e. The number of aromatic nitrogens is 2. The molecule has 25 heavy (non-hydrogen) atoms. The second-order valence-electron chi connectivity index (χ2n) is 7.23. The topological polar surface area (TPSA) is 78.8 Å². The number of hydrogen-bond donors (Lipinski definition) is 1. The van der Waals surface area contributed by atoms with Gasteiger partial charge in [0.05, 0.1) is 5.41 Å². The summed E-state index contributed by atoms with van der Waals surface area (Å²) in [5, 5.41) is 9.74. The molecule has 0 unspecified atom stereocenters. The third-order valence-electron chi connectivity index (χ3n) is 5.38. The predicted molar refractivity (Wildman–Crippen MR) is 94.6 cm³/mol. The molecule has 0 aliphatic carbocycles. The average Bonchev–Trinajstić information content (AvgIpc) is 3.15. The maximum absolute atomic E-state index is 11.9. The number of piperidine rings is 1. The molecule has 1 aromatic rings. The number of likely N-dealkylation sites (tertiary alicyclic amines) is 1. The molecule has 1 aromatic heterocycles. The Kier molecular flexibility index (Phi) is 5.86. The number of rotatable bonds is 7. The van der Waals surface area contributed by atoms with Gasteiger partial charge >= 0.3 is 5.97 Å². The summed E-state index contributed by atoms with van der Waals surface area (Å²) in [7, 11) is 1.62. The van der Waals surface area contributed by atoms with E-state index in [0.717, 1.165) is 37.6 Å². The highest BCUT2D eigenvalue weighted by molar-refractivity contribution is 5.75. The quantitative estimate of drug-likeness (QED) is 0.804. The van der Waals surface area contributed by atoms with Gasteiger partial charge in [-0.15, -0.1) is 0 Å². The molecule has 0 spiro atoms. The van der Waals surface area contributed by atoms with Crippen LogP contribution in [0.4, 0.5) is 5.95 Å². The maximum atomic E-state index is 11.9. The molecular weight excluding hydrogens is 320 g/mol. The van der Waals surface area contributed by atoms with Gasteiger partial charge in [0.25, 0.3) is 0 Å². The second-order valence-corrected chi connectivity index (χ2v) is 7.23. The first-order valence-electron chi connectivity index (χ1n) is 9.13. The zero-order chi connectivity index (χ0) is 17.7. The Balaban J connectivity index is 1.62. The van der Waals surface area contributed by atoms with Crippen molar-refractivity contribution in [1.29, 1.82) is 0 Å². The van der Waals surface area contributed by atoms with Crippen LogP contribution in [0.25, 0.3) is 0 Å². The summed E-state index contributed by atoms with van der Waals surface area (Å²) >= 11 is 0. The SMILES string of the molecule is COCC[C@@]1(C(=O)O)CCCN(Cc2cnc(N3CCCC3)nc2)C1. The van der Waals surface area contributed by atoms with E-state index >= 15 is 0 Å². The Hall–Kier alpha value is -1.73. The fourth-order valence-electron chi connectivity index (χ4n) is 3.91. The number of hydrogen-bond acceptors (Lipinski definition) is 6. The monoisotopic (exact) mass is 348 g/mol. The van der Waals surface area contributed by atoms with E-state index in [-0.39, 0.29) is 0 Å². The zero-order valence-electron chi connectivity index (χ0n) is 15.0. The van der Waals surface area contributed by atoms with Gasteiger partial charge in [-0.25, -0.2) is 9.97 Å². The van der Waals surface area contributed by atoms with Crippen molar-refractivity contribution < 1.29 is 14.6 Å². The van der Waals surface area contributed by atoms with Crippen molar-refractivity contribution in [2.75, 3.05) is 44.8 Å². The highest BCUT2D eigenvalue weighted by atomic mass is 16.5. The fourth-order valence-corrected chi connectivity index (χ4v) is 3.91. The first-order chi connectivity index (χ1) is 12.1. The van der Waals surface area contributed by atoms with E-state index in [4.69, 9.17) is 4.74 Å². The lowest BCUT2D eigenvalue weighted by Gasteiger charge is -2.39. The summed E-state index contributed by atoms with van der Waals surface area (Å²) in [6.07, 6.45) is 8.34. The molecule has 0 radical (unpaired) electrons. The summed E-state index contributed by atoms with van der Waals surface area (Å²) in [4.78, 5) is 25.3. The lowest BCUT2D eigenvalue weighted by atomic mass is 9.77. The van der Waals surface area contributed by atoms with Crippen molar-refractivity contribution >= 4 is 11.9 Å². The van der Waals surface area contributed by atoms with Gasteiger partial charge in [0.1, 0.15) is 0 Å². The van der Waals surface area contributed by atoms with Gasteiger partial charge in [0.2, 0.25) is 5.95 Å². The molecule has 0 amide bonds. The van der Waals surface area contributed by atoms with Crippen LogP contribution in [0.3, 0.4) is 0 Å². The Bertz CT molecular complexity index is 574. The van der Waals surface area contributed by atoms with Crippen LogP contribution in [0.15, 0.2) is 12.4 Å². The highest BCUT2D eigenvalue weighted by Crippen LogP contribution is 2.34. The van der Waals surface area contributed by atoms with Gasteiger partial charge in [-0.3, -0.25) is 9.69 Å². The molecule has 0 bridgehead atoms. The van der Waals surface area contributed by atoms with Crippen LogP contribution >= 0.6 is 0 Å². The van der Waals surface area contributed by atoms with E-state index < -0.39 is 11.4 Å². The van der Waals surface area contributed by atoms with Crippen molar-refractivity contribution in [2.45, 2.75) is 38.6 Å². The fraction of sp³-hybridized carbons (Fsp3) is 0.722. The standard InChI is InChI=1S/C18H28N4O3/c1-25-10-6-18(16(23)24)5-4-7-21(14-18)13-15-11-19-17(20-12-15)22-8-2-3-9-22/h11-12H,2-10,13-14H2,1H3,(H,23,24)/t18-/m0/s1. The van der Waals surface area contributed by atoms with Crippen molar-refractivity contribution in [3.8, 4) is 0 Å². The third-order valence-corrected chi connectivity index (χ3v) is 5.38. The summed E-state index contributed by atoms with van der Waals surface area (Å²) in [6.45, 7) is 4.71. The summed E-state index contributed by atoms with van der Waals surface area (Å²) in [5.41, 5.74) is 0.334. The van der Waals surface area contributed by atoms with Crippen LogP contribution in [-0.2, 0) is 16.1 Å². The van der Waals surface area contributed by atoms with Gasteiger partial charge in [0, 0.05) is 57.9 Å². The van der Waals surface area contributed by atoms with E-state index in [2.05, 4.69) is 19.8 Å². The number of methoxy groups -OCH3 is 1. The number of anilines is 1. The maximum Gasteiger partial charge on any atom is 0.311 e. The minimum absolute atomic E-state index is 0.480. The Labute approximate surface area is 149 Å². The molecule has 1 N–H and O–H groups in total. The molecule has 138 valence electrons. The Morgan fingerprint density at radius 3 is 2.60 bits per heavy atom. The molecule has 1 atom stereocenters. The number of carboxylic acids is 1. The Morgan fingerprint density at radius 2 is 1.96 bits per heavy atom. The number of ether oxygens (including phenoxy) is 1. The van der Waals surface area contributed by atoms with Crippen LogP contribution in [0.5, 0.6) is 0 Å². The molecule has 7 heteroatoms. The van der Waals surface area contributed by atoms with Gasteiger partial charge in [-0.05, 0) is 38.6 Å². The van der Waals surface area contributed by atoms with Gasteiger partial charge < -0.3 is 14.7 Å². The molecule has 7 nitrogen and oxygen atoms in total. The predicted octanol–water partition coefficient (Wildman–Crippen LogP) is 1.78. The molecule has 2 fully saturated rings. The first kappa shape index (κ1) is 18.1. The highest BCUT2D eigenvalue weighted by Gasteiger charge is 2.41. The van der Waals surface area contributed by atoms with Crippen LogP contribution in [-0.4, -0.2) is 65.8 Å². The Morgan fingerprint density at radius 1 is 1.24 bits per heavy atom. The van der Waals surface area contributed by atoms with Crippen molar-refractivity contribution in [3.05, 3.63) is 18.0 Å². The number of carboxylic acid groups (broad SMARTS) is 1. The average molecular weight is 348 g/mol. The molecular formula is C18H28N4O3. The van der Waals surface area contributed by atoms with Gasteiger partial charge in [-0.2, -0.15) is 0 Å². The van der Waals surface area contributed by atoms with E-state index in [1.165, 1.54) is 12.8 Å². The van der Waals surface area contributed by atoms with Crippen LogP contribution in [0, 0.1) is 5.41 Å². The molecule has 0 saturated carbocycles. The summed E-state index contributed by atoms with van der Waals surface area (Å²) < 4.78 is 5.13. The lowest BCUT2D eigenvalue weighted by Crippen LogP contribution is -2.48. The number of nitrogens with zero attached hydrogens (tertiary/aromatic N) is 4. The van der Waals surface area contributed by atoms with Crippen molar-refractivity contribution in [2.24, 2.45) is 5.41 Å². The van der Waals surface area contributed by atoms with E-state index in [1.807, 2.05) is 12.4 Å².